The molecule has 1 unspecified atom stereocenters. The third kappa shape index (κ3) is 7.22. The third-order valence-corrected chi connectivity index (χ3v) is 2.94. The normalized spacial score (nSPS) is 13.7. The maximum absolute atomic E-state index is 11.7. The number of benzene rings is 1. The van der Waals surface area contributed by atoms with Gasteiger partial charge in [-0.25, -0.2) is 5.06 Å². The van der Waals surface area contributed by atoms with E-state index in [0.29, 0.717) is 5.82 Å². The predicted octanol–water partition coefficient (Wildman–Crippen LogP) is -1.11. The summed E-state index contributed by atoms with van der Waals surface area (Å²) in [5.74, 6) is -0.332. The van der Waals surface area contributed by atoms with E-state index in [9.17, 15) is 19.5 Å². The molecule has 104 valence electrons. The summed E-state index contributed by atoms with van der Waals surface area (Å²) >= 11 is 11.4. The average Bonchev–Trinajstić information content (AvgIpc) is 2.24. The number of rotatable bonds is 4. The van der Waals surface area contributed by atoms with Crippen LogP contribution in [0.4, 0.5) is 0 Å². The van der Waals surface area contributed by atoms with Crippen LogP contribution in [0, 0.1) is 0 Å². The Bertz CT molecular complexity index is 542. The van der Waals surface area contributed by atoms with E-state index in [2.05, 4.69) is 0 Å². The Morgan fingerprint density at radius 3 is 2.30 bits per heavy atom. The van der Waals surface area contributed by atoms with Crippen LogP contribution in [0.5, 0.6) is 0 Å². The number of amides is 1. The van der Waals surface area contributed by atoms with E-state index < -0.39 is 20.0 Å². The van der Waals surface area contributed by atoms with Crippen molar-refractivity contribution in [3.8, 4) is 0 Å². The van der Waals surface area contributed by atoms with E-state index in [1.165, 1.54) is 18.2 Å². The van der Waals surface area contributed by atoms with Crippen molar-refractivity contribution in [2.24, 2.45) is 0 Å². The molecule has 20 heavy (non-hydrogen) atoms. The van der Waals surface area contributed by atoms with Crippen LogP contribution >= 0.6 is 30.8 Å². The SMILES string of the molecule is O=C(c1cc(Cl)cc(Cl)c1)N(O)C/C=C/P(=O)([O-])O.[Na+]. The van der Waals surface area contributed by atoms with Crippen molar-refractivity contribution in [2.45, 2.75) is 0 Å². The molecule has 0 fully saturated rings. The van der Waals surface area contributed by atoms with Crippen molar-refractivity contribution in [3.05, 3.63) is 45.7 Å². The molecule has 0 aliphatic rings. The molecule has 0 heterocycles. The minimum atomic E-state index is -4.56. The van der Waals surface area contributed by atoms with Gasteiger partial charge >= 0.3 is 29.6 Å². The first-order chi connectivity index (χ1) is 8.69. The van der Waals surface area contributed by atoms with Gasteiger partial charge in [-0.15, -0.1) is 0 Å². The summed E-state index contributed by atoms with van der Waals surface area (Å²) in [6.07, 6.45) is 0.915. The summed E-state index contributed by atoms with van der Waals surface area (Å²) < 4.78 is 10.4. The van der Waals surface area contributed by atoms with Crippen molar-refractivity contribution in [2.75, 3.05) is 6.54 Å². The quantitative estimate of drug-likeness (QED) is 0.311. The molecule has 0 spiro atoms. The van der Waals surface area contributed by atoms with Crippen LogP contribution in [-0.2, 0) is 4.57 Å². The molecule has 1 amide bonds. The summed E-state index contributed by atoms with van der Waals surface area (Å²) in [5, 5.41) is 10.1. The van der Waals surface area contributed by atoms with Gasteiger partial charge in [-0.1, -0.05) is 29.3 Å². The number of hydrogen-bond donors (Lipinski definition) is 2. The van der Waals surface area contributed by atoms with Crippen molar-refractivity contribution in [1.82, 2.24) is 5.06 Å². The summed E-state index contributed by atoms with van der Waals surface area (Å²) in [7, 11) is -4.56. The van der Waals surface area contributed by atoms with Crippen molar-refractivity contribution >= 4 is 36.7 Å². The zero-order valence-corrected chi connectivity index (χ0v) is 14.8. The molecule has 1 aromatic rings. The van der Waals surface area contributed by atoms with Crippen molar-refractivity contribution in [3.63, 3.8) is 0 Å². The average molecular weight is 348 g/mol. The van der Waals surface area contributed by atoms with Crippen LogP contribution in [-0.4, -0.2) is 27.6 Å². The van der Waals surface area contributed by atoms with Gasteiger partial charge in [0.1, 0.15) is 0 Å². The second-order valence-corrected chi connectivity index (χ2v) is 5.79. The molecule has 0 radical (unpaired) electrons. The Kier molecular flexibility index (Phi) is 8.59. The monoisotopic (exact) mass is 347 g/mol. The van der Waals surface area contributed by atoms with E-state index in [0.717, 1.165) is 6.08 Å². The Labute approximate surface area is 147 Å². The van der Waals surface area contributed by atoms with Gasteiger partial charge < -0.3 is 14.4 Å². The second-order valence-electron chi connectivity index (χ2n) is 3.49. The van der Waals surface area contributed by atoms with Gasteiger partial charge in [0.05, 0.1) is 6.54 Å². The minimum absolute atomic E-state index is 0. The molecule has 0 saturated heterocycles. The van der Waals surface area contributed by atoms with Gasteiger partial charge in [-0.2, -0.15) is 0 Å². The molecule has 1 atom stereocenters. The summed E-state index contributed by atoms with van der Waals surface area (Å²) in [4.78, 5) is 30.6. The largest absolute Gasteiger partial charge is 1.00 e. The molecule has 0 bridgehead atoms. The molecule has 0 aliphatic heterocycles. The maximum atomic E-state index is 11.7. The zero-order chi connectivity index (χ0) is 14.6. The molecule has 0 saturated carbocycles. The van der Waals surface area contributed by atoms with Gasteiger partial charge in [0, 0.05) is 15.6 Å². The Balaban J connectivity index is 0.00000361. The molecule has 2 N–H and O–H groups in total. The maximum Gasteiger partial charge on any atom is 1.00 e. The fourth-order valence-electron chi connectivity index (χ4n) is 1.19. The van der Waals surface area contributed by atoms with Crippen LogP contribution in [0.2, 0.25) is 10.0 Å². The second kappa shape index (κ2) is 8.54. The van der Waals surface area contributed by atoms with Crippen molar-refractivity contribution < 1.29 is 53.9 Å². The molecule has 6 nitrogen and oxygen atoms in total. The zero-order valence-electron chi connectivity index (χ0n) is 10.4. The molecular weight excluding hydrogens is 339 g/mol. The number of hydrogen-bond acceptors (Lipinski definition) is 4. The van der Waals surface area contributed by atoms with E-state index in [1.54, 1.807) is 0 Å². The molecule has 1 rings (SSSR count). The van der Waals surface area contributed by atoms with Gasteiger partial charge in [0.15, 0.2) is 7.60 Å². The number of carbonyl (C=O) groups excluding carboxylic acids is 1. The van der Waals surface area contributed by atoms with Crippen LogP contribution in [0.15, 0.2) is 30.1 Å². The molecule has 10 heteroatoms. The molecule has 0 aliphatic carbocycles. The number of halogens is 2. The number of hydroxylamine groups is 2. The fourth-order valence-corrected chi connectivity index (χ4v) is 2.08. The first-order valence-corrected chi connectivity index (χ1v) is 7.27. The standard InChI is InChI=1S/C10H10Cl2NO5P.Na/c11-8-4-7(5-9(12)6-8)10(14)13(15)2-1-3-19(16,17)18;/h1,3-6,15H,2H2,(H2,16,17,18);/q;+1/p-1/b3-1+;. The van der Waals surface area contributed by atoms with Crippen LogP contribution in [0.1, 0.15) is 10.4 Å². The summed E-state index contributed by atoms with van der Waals surface area (Å²) in [6.45, 7) is -0.421. The van der Waals surface area contributed by atoms with Gasteiger partial charge in [-0.3, -0.25) is 10.0 Å². The fraction of sp³-hybridized carbons (Fsp3) is 0.100. The topological polar surface area (TPSA) is 101 Å². The molecular formula is C10H9Cl2NNaO5P. The number of nitrogens with zero attached hydrogens (tertiary/aromatic N) is 1. The van der Waals surface area contributed by atoms with Crippen molar-refractivity contribution in [1.29, 1.82) is 0 Å². The Hall–Kier alpha value is 0.120. The summed E-state index contributed by atoms with van der Waals surface area (Å²) in [6, 6.07) is 4.02. The Morgan fingerprint density at radius 1 is 1.35 bits per heavy atom. The third-order valence-electron chi connectivity index (χ3n) is 1.92. The first kappa shape index (κ1) is 20.1. The van der Waals surface area contributed by atoms with Crippen LogP contribution < -0.4 is 34.5 Å². The number of carbonyl (C=O) groups is 1. The van der Waals surface area contributed by atoms with Crippen LogP contribution in [0.3, 0.4) is 0 Å². The van der Waals surface area contributed by atoms with Gasteiger partial charge in [0.2, 0.25) is 0 Å². The van der Waals surface area contributed by atoms with Crippen LogP contribution in [0.25, 0.3) is 0 Å². The molecule has 1 aromatic carbocycles. The summed E-state index contributed by atoms with van der Waals surface area (Å²) in [5.41, 5.74) is 0.0442. The predicted molar refractivity (Wildman–Crippen MR) is 68.3 cm³/mol. The minimum Gasteiger partial charge on any atom is -0.776 e. The first-order valence-electron chi connectivity index (χ1n) is 4.87. The smallest absolute Gasteiger partial charge is 0.776 e. The van der Waals surface area contributed by atoms with E-state index >= 15 is 0 Å². The van der Waals surface area contributed by atoms with Gasteiger partial charge in [0.25, 0.3) is 5.91 Å². The molecule has 0 aromatic heterocycles. The van der Waals surface area contributed by atoms with Gasteiger partial charge in [-0.05, 0) is 24.0 Å². The van der Waals surface area contributed by atoms with E-state index in [-0.39, 0.29) is 50.2 Å². The van der Waals surface area contributed by atoms with E-state index in [1.807, 2.05) is 0 Å². The van der Waals surface area contributed by atoms with E-state index in [4.69, 9.17) is 28.1 Å². The Morgan fingerprint density at radius 2 is 1.85 bits per heavy atom.